The van der Waals surface area contributed by atoms with Gasteiger partial charge in [0.05, 0.1) is 12.2 Å². The van der Waals surface area contributed by atoms with Crippen LogP contribution in [0.25, 0.3) is 0 Å². The molecule has 0 aromatic heterocycles. The van der Waals surface area contributed by atoms with Crippen LogP contribution in [-0.2, 0) is 4.79 Å². The van der Waals surface area contributed by atoms with Crippen molar-refractivity contribution in [2.45, 2.75) is 27.7 Å². The molecule has 2 rings (SSSR count). The lowest BCUT2D eigenvalue weighted by Gasteiger charge is -2.37. The third kappa shape index (κ3) is 5.99. The first kappa shape index (κ1) is 19.7. The van der Waals surface area contributed by atoms with E-state index in [1.807, 2.05) is 17.0 Å². The molecule has 1 fully saturated rings. The number of halogens is 1. The number of hydrogen-bond donors (Lipinski definition) is 0. The molecule has 0 N–H and O–H groups in total. The van der Waals surface area contributed by atoms with Crippen LogP contribution in [0.15, 0.2) is 24.3 Å². The summed E-state index contributed by atoms with van der Waals surface area (Å²) < 4.78 is 13.9. The Balaban J connectivity index is 1.87. The van der Waals surface area contributed by atoms with E-state index in [-0.39, 0.29) is 11.7 Å². The molecule has 1 aromatic carbocycles. The summed E-state index contributed by atoms with van der Waals surface area (Å²) in [4.78, 5) is 19.0. The predicted octanol–water partition coefficient (Wildman–Crippen LogP) is 3.09. The van der Waals surface area contributed by atoms with Crippen LogP contribution in [0.4, 0.5) is 10.1 Å². The predicted molar refractivity (Wildman–Crippen MR) is 101 cm³/mol. The molecule has 1 saturated heterocycles. The first-order valence-electron chi connectivity index (χ1n) is 9.36. The van der Waals surface area contributed by atoms with Gasteiger partial charge in [-0.05, 0) is 24.0 Å². The Labute approximate surface area is 151 Å². The third-order valence-corrected chi connectivity index (χ3v) is 4.45. The first-order chi connectivity index (χ1) is 11.9. The summed E-state index contributed by atoms with van der Waals surface area (Å²) in [5, 5.41) is 0. The standard InChI is InChI=1S/C20H32FN3O/c1-16(2)13-24(14-17(3)4)20(25)15-22-9-11-23(12-10-22)19-8-6-5-7-18(19)21/h5-8,16-17H,9-15H2,1-4H3. The largest absolute Gasteiger partial charge is 0.367 e. The lowest BCUT2D eigenvalue weighted by Crippen LogP contribution is -2.51. The van der Waals surface area contributed by atoms with Crippen LogP contribution in [-0.4, -0.2) is 61.5 Å². The number of anilines is 1. The summed E-state index contributed by atoms with van der Waals surface area (Å²) in [5.74, 6) is 0.981. The second-order valence-electron chi connectivity index (χ2n) is 7.80. The van der Waals surface area contributed by atoms with Gasteiger partial charge in [-0.1, -0.05) is 39.8 Å². The van der Waals surface area contributed by atoms with E-state index in [1.54, 1.807) is 6.07 Å². The molecule has 4 nitrogen and oxygen atoms in total. The molecule has 140 valence electrons. The van der Waals surface area contributed by atoms with Gasteiger partial charge in [0.25, 0.3) is 0 Å². The Morgan fingerprint density at radius 2 is 1.60 bits per heavy atom. The molecule has 1 aliphatic heterocycles. The van der Waals surface area contributed by atoms with Gasteiger partial charge in [0.15, 0.2) is 0 Å². The summed E-state index contributed by atoms with van der Waals surface area (Å²) >= 11 is 0. The van der Waals surface area contributed by atoms with Crippen LogP contribution in [0.2, 0.25) is 0 Å². The van der Waals surface area contributed by atoms with E-state index < -0.39 is 0 Å². The molecule has 0 unspecified atom stereocenters. The van der Waals surface area contributed by atoms with E-state index in [4.69, 9.17) is 0 Å². The van der Waals surface area contributed by atoms with E-state index in [2.05, 4.69) is 37.5 Å². The maximum Gasteiger partial charge on any atom is 0.236 e. The number of hydrogen-bond acceptors (Lipinski definition) is 3. The highest BCUT2D eigenvalue weighted by Crippen LogP contribution is 2.20. The van der Waals surface area contributed by atoms with Crippen molar-refractivity contribution in [1.82, 2.24) is 9.80 Å². The zero-order valence-corrected chi connectivity index (χ0v) is 16.0. The highest BCUT2D eigenvalue weighted by Gasteiger charge is 2.23. The van der Waals surface area contributed by atoms with E-state index in [9.17, 15) is 9.18 Å². The summed E-state index contributed by atoms with van der Waals surface area (Å²) in [6.07, 6.45) is 0. The van der Waals surface area contributed by atoms with Gasteiger partial charge in [-0.25, -0.2) is 4.39 Å². The van der Waals surface area contributed by atoms with Crippen molar-refractivity contribution in [3.05, 3.63) is 30.1 Å². The van der Waals surface area contributed by atoms with E-state index >= 15 is 0 Å². The highest BCUT2D eigenvalue weighted by atomic mass is 19.1. The number of carbonyl (C=O) groups is 1. The molecule has 0 bridgehead atoms. The third-order valence-electron chi connectivity index (χ3n) is 4.45. The minimum atomic E-state index is -0.174. The molecule has 0 radical (unpaired) electrons. The van der Waals surface area contributed by atoms with Crippen LogP contribution in [0.3, 0.4) is 0 Å². The molecule has 25 heavy (non-hydrogen) atoms. The molecule has 0 spiro atoms. The summed E-state index contributed by atoms with van der Waals surface area (Å²) in [6.45, 7) is 13.8. The summed E-state index contributed by atoms with van der Waals surface area (Å²) in [6, 6.07) is 6.90. The highest BCUT2D eigenvalue weighted by molar-refractivity contribution is 5.78. The Morgan fingerprint density at radius 1 is 1.04 bits per heavy atom. The number of piperazine rings is 1. The SMILES string of the molecule is CC(C)CN(CC(C)C)C(=O)CN1CCN(c2ccccc2F)CC1. The van der Waals surface area contributed by atoms with Crippen molar-refractivity contribution in [2.24, 2.45) is 11.8 Å². The summed E-state index contributed by atoms with van der Waals surface area (Å²) in [5.41, 5.74) is 0.662. The van der Waals surface area contributed by atoms with E-state index in [0.717, 1.165) is 39.3 Å². The number of benzene rings is 1. The van der Waals surface area contributed by atoms with E-state index in [0.29, 0.717) is 24.1 Å². The monoisotopic (exact) mass is 349 g/mol. The second kappa shape index (κ2) is 9.18. The second-order valence-corrected chi connectivity index (χ2v) is 7.80. The minimum absolute atomic E-state index is 0.174. The fourth-order valence-corrected chi connectivity index (χ4v) is 3.31. The molecule has 0 aliphatic carbocycles. The van der Waals surface area contributed by atoms with Crippen LogP contribution in [0, 0.1) is 17.7 Å². The lowest BCUT2D eigenvalue weighted by molar-refractivity contribution is -0.133. The van der Waals surface area contributed by atoms with Crippen molar-refractivity contribution in [2.75, 3.05) is 50.7 Å². The van der Waals surface area contributed by atoms with Gasteiger partial charge in [-0.3, -0.25) is 9.69 Å². The van der Waals surface area contributed by atoms with E-state index in [1.165, 1.54) is 6.07 Å². The average molecular weight is 349 g/mol. The number of para-hydroxylation sites is 1. The molecule has 1 aliphatic rings. The molecule has 0 atom stereocenters. The van der Waals surface area contributed by atoms with Gasteiger partial charge in [0.2, 0.25) is 5.91 Å². The molecule has 5 heteroatoms. The van der Waals surface area contributed by atoms with Crippen molar-refractivity contribution in [3.63, 3.8) is 0 Å². The van der Waals surface area contributed by atoms with Crippen LogP contribution in [0.1, 0.15) is 27.7 Å². The number of carbonyl (C=O) groups excluding carboxylic acids is 1. The molecule has 1 amide bonds. The van der Waals surface area contributed by atoms with Crippen molar-refractivity contribution in [1.29, 1.82) is 0 Å². The van der Waals surface area contributed by atoms with Crippen molar-refractivity contribution >= 4 is 11.6 Å². The van der Waals surface area contributed by atoms with Crippen molar-refractivity contribution in [3.8, 4) is 0 Å². The van der Waals surface area contributed by atoms with Gasteiger partial charge in [-0.2, -0.15) is 0 Å². The molecule has 0 saturated carbocycles. The van der Waals surface area contributed by atoms with Crippen LogP contribution < -0.4 is 4.90 Å². The van der Waals surface area contributed by atoms with Crippen LogP contribution in [0.5, 0.6) is 0 Å². The fraction of sp³-hybridized carbons (Fsp3) is 0.650. The Bertz CT molecular complexity index is 544. The number of rotatable bonds is 7. The maximum atomic E-state index is 13.9. The number of amides is 1. The van der Waals surface area contributed by atoms with Gasteiger partial charge in [0, 0.05) is 39.3 Å². The number of nitrogens with zero attached hydrogens (tertiary/aromatic N) is 3. The van der Waals surface area contributed by atoms with Gasteiger partial charge >= 0.3 is 0 Å². The maximum absolute atomic E-state index is 13.9. The Morgan fingerprint density at radius 3 is 2.12 bits per heavy atom. The zero-order valence-electron chi connectivity index (χ0n) is 16.0. The molecule has 1 aromatic rings. The Hall–Kier alpha value is -1.62. The molecular formula is C20H32FN3O. The van der Waals surface area contributed by atoms with Crippen LogP contribution >= 0.6 is 0 Å². The van der Waals surface area contributed by atoms with Crippen molar-refractivity contribution < 1.29 is 9.18 Å². The first-order valence-corrected chi connectivity index (χ1v) is 9.36. The fourth-order valence-electron chi connectivity index (χ4n) is 3.31. The summed E-state index contributed by atoms with van der Waals surface area (Å²) in [7, 11) is 0. The van der Waals surface area contributed by atoms with Gasteiger partial charge < -0.3 is 9.80 Å². The smallest absolute Gasteiger partial charge is 0.236 e. The average Bonchev–Trinajstić information content (AvgIpc) is 2.55. The molecule has 1 heterocycles. The topological polar surface area (TPSA) is 26.8 Å². The van der Waals surface area contributed by atoms with Gasteiger partial charge in [0.1, 0.15) is 5.82 Å². The zero-order chi connectivity index (χ0) is 18.4. The minimum Gasteiger partial charge on any atom is -0.367 e. The van der Waals surface area contributed by atoms with Gasteiger partial charge in [-0.15, -0.1) is 0 Å². The quantitative estimate of drug-likeness (QED) is 0.757. The Kier molecular flexibility index (Phi) is 7.24. The normalized spacial score (nSPS) is 15.9. The lowest BCUT2D eigenvalue weighted by atomic mass is 10.1. The molecular weight excluding hydrogens is 317 g/mol.